The zero-order valence-electron chi connectivity index (χ0n) is 20.7. The van der Waals surface area contributed by atoms with Crippen molar-refractivity contribution in [3.8, 4) is 5.75 Å². The van der Waals surface area contributed by atoms with Crippen LogP contribution in [-0.4, -0.2) is 31.9 Å². The van der Waals surface area contributed by atoms with Gasteiger partial charge in [0.05, 0.1) is 24.6 Å². The minimum Gasteiger partial charge on any atom is -0.482 e. The van der Waals surface area contributed by atoms with Gasteiger partial charge in [-0.3, -0.25) is 0 Å². The summed E-state index contributed by atoms with van der Waals surface area (Å²) in [7, 11) is 0. The first-order valence-electron chi connectivity index (χ1n) is 12.2. The highest BCUT2D eigenvalue weighted by atomic mass is 16.6. The number of anilines is 2. The molecule has 4 rings (SSSR count). The highest BCUT2D eigenvalue weighted by molar-refractivity contribution is 5.96. The molecule has 186 valence electrons. The lowest BCUT2D eigenvalue weighted by atomic mass is 9.84. The molecule has 36 heavy (non-hydrogen) atoms. The van der Waals surface area contributed by atoms with Gasteiger partial charge in [0.2, 0.25) is 0 Å². The van der Waals surface area contributed by atoms with Gasteiger partial charge in [0.15, 0.2) is 6.61 Å². The van der Waals surface area contributed by atoms with E-state index >= 15 is 0 Å². The van der Waals surface area contributed by atoms with E-state index in [0.29, 0.717) is 18.8 Å². The van der Waals surface area contributed by atoms with Gasteiger partial charge < -0.3 is 14.2 Å². The molecule has 0 fully saturated rings. The number of carbonyl (C=O) groups excluding carboxylic acids is 2. The number of hydrogen-bond donors (Lipinski definition) is 0. The fourth-order valence-corrected chi connectivity index (χ4v) is 4.44. The highest BCUT2D eigenvalue weighted by Gasteiger charge is 2.23. The second-order valence-electron chi connectivity index (χ2n) is 8.51. The molecule has 0 bridgehead atoms. The fraction of sp³-hybridized carbons (Fsp3) is 0.267. The average molecular weight is 486 g/mol. The van der Waals surface area contributed by atoms with E-state index < -0.39 is 6.09 Å². The molecule has 0 N–H and O–H groups in total. The van der Waals surface area contributed by atoms with Crippen molar-refractivity contribution in [2.45, 2.75) is 33.1 Å². The Labute approximate surface area is 212 Å². The molecule has 0 saturated heterocycles. The van der Waals surface area contributed by atoms with Crippen LogP contribution < -0.4 is 9.64 Å². The standard InChI is InChI=1S/C30H31NO5/c1-3-34-29(32)21-36-28-16-10-15-26-25(22(2)17-18-27(26)28)19-20-35-30(33)31(23-11-6-4-7-12-23)24-13-8-5-9-14-24/h4-16H,3,17-21H2,1-2H3. The SMILES string of the molecule is CCOC(=O)COc1cccc2c1CCC(C)=C2CCOC(=O)N(c1ccccc1)c1ccccc1. The summed E-state index contributed by atoms with van der Waals surface area (Å²) in [6.07, 6.45) is 1.88. The van der Waals surface area contributed by atoms with Crippen LogP contribution in [0.25, 0.3) is 5.57 Å². The van der Waals surface area contributed by atoms with Gasteiger partial charge in [-0.25, -0.2) is 14.5 Å². The molecule has 0 aromatic heterocycles. The number of hydrogen-bond acceptors (Lipinski definition) is 5. The van der Waals surface area contributed by atoms with Crippen molar-refractivity contribution < 1.29 is 23.8 Å². The number of benzene rings is 3. The lowest BCUT2D eigenvalue weighted by Gasteiger charge is -2.25. The van der Waals surface area contributed by atoms with Gasteiger partial charge in [0, 0.05) is 12.0 Å². The van der Waals surface area contributed by atoms with Gasteiger partial charge in [0.25, 0.3) is 0 Å². The summed E-state index contributed by atoms with van der Waals surface area (Å²) in [5, 5.41) is 0. The van der Waals surface area contributed by atoms with Crippen molar-refractivity contribution in [2.75, 3.05) is 24.7 Å². The minimum atomic E-state index is -0.423. The predicted octanol–water partition coefficient (Wildman–Crippen LogP) is 6.71. The van der Waals surface area contributed by atoms with Gasteiger partial charge in [-0.1, -0.05) is 54.1 Å². The van der Waals surface area contributed by atoms with Crippen molar-refractivity contribution in [1.82, 2.24) is 0 Å². The number of amides is 1. The predicted molar refractivity (Wildman–Crippen MR) is 140 cm³/mol. The Morgan fingerprint density at radius 2 is 1.50 bits per heavy atom. The first-order valence-corrected chi connectivity index (χ1v) is 12.2. The second kappa shape index (κ2) is 12.1. The van der Waals surface area contributed by atoms with E-state index in [0.717, 1.165) is 40.9 Å². The number of esters is 1. The smallest absolute Gasteiger partial charge is 0.418 e. The summed E-state index contributed by atoms with van der Waals surface area (Å²) < 4.78 is 16.5. The fourth-order valence-electron chi connectivity index (χ4n) is 4.44. The third kappa shape index (κ3) is 5.95. The number of rotatable bonds is 9. The van der Waals surface area contributed by atoms with Gasteiger partial charge in [0.1, 0.15) is 5.75 Å². The molecule has 3 aromatic carbocycles. The maximum atomic E-state index is 13.2. The van der Waals surface area contributed by atoms with Crippen molar-refractivity contribution in [2.24, 2.45) is 0 Å². The van der Waals surface area contributed by atoms with Gasteiger partial charge in [-0.15, -0.1) is 0 Å². The third-order valence-corrected chi connectivity index (χ3v) is 6.16. The molecule has 0 radical (unpaired) electrons. The highest BCUT2D eigenvalue weighted by Crippen LogP contribution is 2.38. The number of para-hydroxylation sites is 2. The maximum absolute atomic E-state index is 13.2. The Kier molecular flexibility index (Phi) is 8.40. The number of carbonyl (C=O) groups is 2. The molecule has 3 aromatic rings. The molecule has 6 heteroatoms. The van der Waals surface area contributed by atoms with Crippen LogP contribution in [0, 0.1) is 0 Å². The van der Waals surface area contributed by atoms with E-state index in [1.54, 1.807) is 11.8 Å². The van der Waals surface area contributed by atoms with Crippen molar-refractivity contribution in [1.29, 1.82) is 0 Å². The van der Waals surface area contributed by atoms with Gasteiger partial charge >= 0.3 is 12.1 Å². The van der Waals surface area contributed by atoms with Crippen molar-refractivity contribution in [3.05, 3.63) is 95.6 Å². The largest absolute Gasteiger partial charge is 0.482 e. The quantitative estimate of drug-likeness (QED) is 0.315. The summed E-state index contributed by atoms with van der Waals surface area (Å²) >= 11 is 0. The molecule has 1 aliphatic carbocycles. The normalized spacial score (nSPS) is 12.5. The average Bonchev–Trinajstić information content (AvgIpc) is 2.90. The van der Waals surface area contributed by atoms with Crippen LogP contribution in [0.4, 0.5) is 16.2 Å². The molecular formula is C30H31NO5. The zero-order valence-corrected chi connectivity index (χ0v) is 20.7. The Balaban J connectivity index is 1.46. The van der Waals surface area contributed by atoms with Crippen LogP contribution in [0.3, 0.4) is 0 Å². The first kappa shape index (κ1) is 25.0. The lowest BCUT2D eigenvalue weighted by Crippen LogP contribution is -2.27. The summed E-state index contributed by atoms with van der Waals surface area (Å²) in [4.78, 5) is 26.5. The van der Waals surface area contributed by atoms with Crippen LogP contribution in [0.2, 0.25) is 0 Å². The van der Waals surface area contributed by atoms with E-state index in [2.05, 4.69) is 13.0 Å². The number of fused-ring (bicyclic) bond motifs is 1. The molecule has 0 unspecified atom stereocenters. The molecule has 0 heterocycles. The van der Waals surface area contributed by atoms with E-state index in [4.69, 9.17) is 14.2 Å². The second-order valence-corrected chi connectivity index (χ2v) is 8.51. The molecule has 0 atom stereocenters. The number of ether oxygens (including phenoxy) is 3. The third-order valence-electron chi connectivity index (χ3n) is 6.16. The topological polar surface area (TPSA) is 65.1 Å². The Hall–Kier alpha value is -4.06. The van der Waals surface area contributed by atoms with Crippen LogP contribution in [0.5, 0.6) is 5.75 Å². The van der Waals surface area contributed by atoms with Crippen LogP contribution in [0.1, 0.15) is 37.8 Å². The molecular weight excluding hydrogens is 454 g/mol. The van der Waals surface area contributed by atoms with E-state index in [9.17, 15) is 9.59 Å². The monoisotopic (exact) mass is 485 g/mol. The molecule has 1 amide bonds. The van der Waals surface area contributed by atoms with Gasteiger partial charge in [-0.05, 0) is 68.2 Å². The number of allylic oxidation sites excluding steroid dienone is 1. The van der Waals surface area contributed by atoms with E-state index in [1.165, 1.54) is 5.57 Å². The first-order chi connectivity index (χ1) is 17.6. The Morgan fingerprint density at radius 1 is 0.833 bits per heavy atom. The van der Waals surface area contributed by atoms with Crippen LogP contribution >= 0.6 is 0 Å². The number of nitrogens with zero attached hydrogens (tertiary/aromatic N) is 1. The molecule has 6 nitrogen and oxygen atoms in total. The van der Waals surface area contributed by atoms with Crippen LogP contribution in [-0.2, 0) is 20.7 Å². The molecule has 0 aliphatic heterocycles. The maximum Gasteiger partial charge on any atom is 0.418 e. The lowest BCUT2D eigenvalue weighted by molar-refractivity contribution is -0.145. The van der Waals surface area contributed by atoms with Crippen molar-refractivity contribution >= 4 is 29.0 Å². The Bertz CT molecular complexity index is 1180. The van der Waals surface area contributed by atoms with E-state index in [-0.39, 0.29) is 19.2 Å². The molecule has 0 spiro atoms. The minimum absolute atomic E-state index is 0.116. The summed E-state index contributed by atoms with van der Waals surface area (Å²) in [5.41, 5.74) is 6.06. The van der Waals surface area contributed by atoms with Crippen molar-refractivity contribution in [3.63, 3.8) is 0 Å². The Morgan fingerprint density at radius 3 is 2.14 bits per heavy atom. The van der Waals surface area contributed by atoms with E-state index in [1.807, 2.05) is 72.8 Å². The molecule has 0 saturated carbocycles. The zero-order chi connectivity index (χ0) is 25.3. The van der Waals surface area contributed by atoms with Crippen LogP contribution in [0.15, 0.2) is 84.4 Å². The van der Waals surface area contributed by atoms with Gasteiger partial charge in [-0.2, -0.15) is 0 Å². The summed E-state index contributed by atoms with van der Waals surface area (Å²) in [5.74, 6) is 0.313. The summed E-state index contributed by atoms with van der Waals surface area (Å²) in [6.45, 7) is 4.34. The summed E-state index contributed by atoms with van der Waals surface area (Å²) in [6, 6.07) is 24.8. The molecule has 1 aliphatic rings.